The number of nitrogens with zero attached hydrogens (tertiary/aromatic N) is 4. The Hall–Kier alpha value is -0.940. The monoisotopic (exact) mass is 306 g/mol. The van der Waals surface area contributed by atoms with Crippen LogP contribution in [0, 0.1) is 11.8 Å². The number of ether oxygens (including phenoxy) is 1. The van der Waals surface area contributed by atoms with Crippen molar-refractivity contribution in [2.45, 2.75) is 58.1 Å². The van der Waals surface area contributed by atoms with Crippen LogP contribution in [0.4, 0.5) is 0 Å². The Bertz CT molecular complexity index is 422. The molecule has 1 aliphatic carbocycles. The molecule has 0 unspecified atom stereocenters. The molecule has 0 bridgehead atoms. The van der Waals surface area contributed by atoms with E-state index < -0.39 is 0 Å². The quantitative estimate of drug-likeness (QED) is 0.810. The summed E-state index contributed by atoms with van der Waals surface area (Å²) in [6.45, 7) is 7.71. The van der Waals surface area contributed by atoms with Crippen LogP contribution in [0.2, 0.25) is 0 Å². The van der Waals surface area contributed by atoms with E-state index in [2.05, 4.69) is 21.9 Å². The molecule has 1 saturated heterocycles. The maximum atomic E-state index is 6.17. The minimum absolute atomic E-state index is 0.504. The highest BCUT2D eigenvalue weighted by molar-refractivity contribution is 4.75. The van der Waals surface area contributed by atoms with Gasteiger partial charge in [0.05, 0.1) is 12.7 Å². The zero-order valence-corrected chi connectivity index (χ0v) is 13.9. The topological polar surface area (TPSA) is 43.2 Å². The number of hydrogen-bond donors (Lipinski definition) is 0. The van der Waals surface area contributed by atoms with Crippen molar-refractivity contribution >= 4 is 0 Å². The standard InChI is InChI=1S/C17H30N4O/c1-15-5-2-3-7-17(15)22-10-9-20-8-4-6-16(11-20)12-21-14-18-13-19-21/h13-17H,2-12H2,1H3/t15-,16-,17-/m1/s1. The molecule has 2 heterocycles. The molecule has 124 valence electrons. The van der Waals surface area contributed by atoms with E-state index in [1.807, 2.05) is 11.0 Å². The first-order valence-electron chi connectivity index (χ1n) is 8.97. The number of likely N-dealkylation sites (tertiary alicyclic amines) is 1. The number of piperidine rings is 1. The van der Waals surface area contributed by atoms with Crippen LogP contribution < -0.4 is 0 Å². The van der Waals surface area contributed by atoms with E-state index >= 15 is 0 Å². The molecule has 5 nitrogen and oxygen atoms in total. The first-order valence-corrected chi connectivity index (χ1v) is 8.97. The highest BCUT2D eigenvalue weighted by atomic mass is 16.5. The lowest BCUT2D eigenvalue weighted by Gasteiger charge is -2.34. The summed E-state index contributed by atoms with van der Waals surface area (Å²) in [7, 11) is 0. The van der Waals surface area contributed by atoms with Gasteiger partial charge in [-0.15, -0.1) is 0 Å². The molecule has 3 atom stereocenters. The third-order valence-corrected chi connectivity index (χ3v) is 5.29. The van der Waals surface area contributed by atoms with E-state index in [1.54, 1.807) is 6.33 Å². The summed E-state index contributed by atoms with van der Waals surface area (Å²) in [5.74, 6) is 1.44. The summed E-state index contributed by atoms with van der Waals surface area (Å²) in [5, 5.41) is 4.23. The maximum absolute atomic E-state index is 6.17. The molecule has 0 amide bonds. The second-order valence-electron chi connectivity index (χ2n) is 7.10. The van der Waals surface area contributed by atoms with Crippen LogP contribution >= 0.6 is 0 Å². The third kappa shape index (κ3) is 4.53. The van der Waals surface area contributed by atoms with Gasteiger partial charge in [-0.05, 0) is 44.1 Å². The molecule has 3 rings (SSSR count). The summed E-state index contributed by atoms with van der Waals surface area (Å²) in [5.41, 5.74) is 0. The lowest BCUT2D eigenvalue weighted by atomic mass is 9.88. The van der Waals surface area contributed by atoms with E-state index in [1.165, 1.54) is 51.6 Å². The summed E-state index contributed by atoms with van der Waals surface area (Å²) >= 11 is 0. The fraction of sp³-hybridized carbons (Fsp3) is 0.882. The van der Waals surface area contributed by atoms with Crippen molar-refractivity contribution in [3.05, 3.63) is 12.7 Å². The normalized spacial score (nSPS) is 30.5. The van der Waals surface area contributed by atoms with Crippen molar-refractivity contribution in [2.24, 2.45) is 11.8 Å². The Morgan fingerprint density at radius 3 is 2.91 bits per heavy atom. The van der Waals surface area contributed by atoms with E-state index in [9.17, 15) is 0 Å². The van der Waals surface area contributed by atoms with Gasteiger partial charge in [-0.25, -0.2) is 4.98 Å². The van der Waals surface area contributed by atoms with E-state index in [0.717, 1.165) is 25.6 Å². The van der Waals surface area contributed by atoms with E-state index in [-0.39, 0.29) is 0 Å². The summed E-state index contributed by atoms with van der Waals surface area (Å²) in [6.07, 6.45) is 11.9. The number of hydrogen-bond acceptors (Lipinski definition) is 4. The van der Waals surface area contributed by atoms with Gasteiger partial charge in [0.15, 0.2) is 0 Å². The molecule has 1 aromatic heterocycles. The second kappa shape index (κ2) is 8.06. The summed E-state index contributed by atoms with van der Waals surface area (Å²) in [4.78, 5) is 6.60. The van der Waals surface area contributed by atoms with Gasteiger partial charge >= 0.3 is 0 Å². The van der Waals surface area contributed by atoms with E-state index in [4.69, 9.17) is 4.74 Å². The SMILES string of the molecule is C[C@@H]1CCCC[C@H]1OCCN1CCC[C@@H](Cn2cncn2)C1. The molecule has 0 radical (unpaired) electrons. The molecule has 1 aliphatic heterocycles. The van der Waals surface area contributed by atoms with Crippen LogP contribution in [0.5, 0.6) is 0 Å². The molecule has 1 aromatic rings. The minimum Gasteiger partial charge on any atom is -0.377 e. The Morgan fingerprint density at radius 2 is 2.09 bits per heavy atom. The van der Waals surface area contributed by atoms with Crippen molar-refractivity contribution in [3.8, 4) is 0 Å². The highest BCUT2D eigenvalue weighted by Crippen LogP contribution is 2.26. The van der Waals surface area contributed by atoms with E-state index in [0.29, 0.717) is 12.0 Å². The van der Waals surface area contributed by atoms with Gasteiger partial charge in [-0.3, -0.25) is 4.68 Å². The van der Waals surface area contributed by atoms with Gasteiger partial charge in [-0.2, -0.15) is 5.10 Å². The summed E-state index contributed by atoms with van der Waals surface area (Å²) < 4.78 is 8.14. The van der Waals surface area contributed by atoms with Crippen molar-refractivity contribution in [1.82, 2.24) is 19.7 Å². The van der Waals surface area contributed by atoms with Crippen LogP contribution in [0.1, 0.15) is 45.4 Å². The summed E-state index contributed by atoms with van der Waals surface area (Å²) in [6, 6.07) is 0. The number of rotatable bonds is 6. The smallest absolute Gasteiger partial charge is 0.137 e. The fourth-order valence-corrected chi connectivity index (χ4v) is 3.96. The van der Waals surface area contributed by atoms with Crippen molar-refractivity contribution < 1.29 is 4.74 Å². The average Bonchev–Trinajstić information content (AvgIpc) is 3.03. The van der Waals surface area contributed by atoms with Crippen LogP contribution in [-0.2, 0) is 11.3 Å². The van der Waals surface area contributed by atoms with Crippen LogP contribution in [-0.4, -0.2) is 52.0 Å². The molecule has 0 N–H and O–H groups in total. The fourth-order valence-electron chi connectivity index (χ4n) is 3.96. The van der Waals surface area contributed by atoms with Crippen molar-refractivity contribution in [2.75, 3.05) is 26.2 Å². The van der Waals surface area contributed by atoms with Gasteiger partial charge in [0.25, 0.3) is 0 Å². The van der Waals surface area contributed by atoms with Crippen molar-refractivity contribution in [3.63, 3.8) is 0 Å². The lowest BCUT2D eigenvalue weighted by Crippen LogP contribution is -2.39. The van der Waals surface area contributed by atoms with Gasteiger partial charge < -0.3 is 9.64 Å². The predicted molar refractivity (Wildman–Crippen MR) is 86.6 cm³/mol. The zero-order chi connectivity index (χ0) is 15.2. The Balaban J connectivity index is 1.37. The van der Waals surface area contributed by atoms with Crippen LogP contribution in [0.3, 0.4) is 0 Å². The largest absolute Gasteiger partial charge is 0.377 e. The molecule has 2 fully saturated rings. The molecule has 0 aromatic carbocycles. The Labute approximate surface area is 134 Å². The van der Waals surface area contributed by atoms with Gasteiger partial charge in [0.2, 0.25) is 0 Å². The minimum atomic E-state index is 0.504. The average molecular weight is 306 g/mol. The second-order valence-corrected chi connectivity index (χ2v) is 7.10. The Morgan fingerprint density at radius 1 is 1.18 bits per heavy atom. The molecular formula is C17H30N4O. The highest BCUT2D eigenvalue weighted by Gasteiger charge is 2.23. The van der Waals surface area contributed by atoms with Crippen LogP contribution in [0.15, 0.2) is 12.7 Å². The van der Waals surface area contributed by atoms with Crippen LogP contribution in [0.25, 0.3) is 0 Å². The lowest BCUT2D eigenvalue weighted by molar-refractivity contribution is -0.0177. The van der Waals surface area contributed by atoms with Crippen molar-refractivity contribution in [1.29, 1.82) is 0 Å². The zero-order valence-electron chi connectivity index (χ0n) is 13.9. The van der Waals surface area contributed by atoms with Gasteiger partial charge in [0, 0.05) is 19.6 Å². The first kappa shape index (κ1) is 15.9. The predicted octanol–water partition coefficient (Wildman–Crippen LogP) is 2.59. The molecule has 5 heteroatoms. The van der Waals surface area contributed by atoms with Gasteiger partial charge in [0.1, 0.15) is 12.7 Å². The molecule has 2 aliphatic rings. The molecule has 0 spiro atoms. The Kier molecular flexibility index (Phi) is 5.84. The maximum Gasteiger partial charge on any atom is 0.137 e. The first-order chi connectivity index (χ1) is 10.8. The third-order valence-electron chi connectivity index (χ3n) is 5.29. The molecule has 22 heavy (non-hydrogen) atoms. The number of aromatic nitrogens is 3. The molecular weight excluding hydrogens is 276 g/mol. The molecule has 1 saturated carbocycles. The van der Waals surface area contributed by atoms with Gasteiger partial charge in [-0.1, -0.05) is 19.8 Å².